The third-order valence-corrected chi connectivity index (χ3v) is 5.17. The van der Waals surface area contributed by atoms with Crippen LogP contribution in [0.1, 0.15) is 25.1 Å². The number of phosphoric acid groups is 2. The van der Waals surface area contributed by atoms with Gasteiger partial charge < -0.3 is 33.0 Å². The van der Waals surface area contributed by atoms with Crippen LogP contribution in [0.25, 0.3) is 0 Å². The van der Waals surface area contributed by atoms with E-state index in [0.717, 1.165) is 4.57 Å². The Morgan fingerprint density at radius 3 is 2.63 bits per heavy atom. The lowest BCUT2D eigenvalue weighted by atomic mass is 10.2. The number of nitrogens with one attached hydrogen (secondary N) is 1. The lowest BCUT2D eigenvalue weighted by Gasteiger charge is -2.28. The molecule has 15 heteroatoms. The highest BCUT2D eigenvalue weighted by Crippen LogP contribution is 2.45. The van der Waals surface area contributed by atoms with Gasteiger partial charge in [0.05, 0.1) is 19.3 Å². The molecule has 5 atom stereocenters. The fourth-order valence-electron chi connectivity index (χ4n) is 2.45. The highest BCUT2D eigenvalue weighted by Gasteiger charge is 2.40. The molecule has 0 radical (unpaired) electrons. The van der Waals surface area contributed by atoms with Gasteiger partial charge in [0, 0.05) is 18.2 Å². The van der Waals surface area contributed by atoms with Crippen LogP contribution < -0.4 is 21.0 Å². The molecule has 0 aromatic carbocycles. The van der Waals surface area contributed by atoms with Crippen molar-refractivity contribution < 1.29 is 42.1 Å². The highest BCUT2D eigenvalue weighted by molar-refractivity contribution is 7.45. The van der Waals surface area contributed by atoms with Crippen molar-refractivity contribution in [1.82, 2.24) is 9.55 Å². The summed E-state index contributed by atoms with van der Waals surface area (Å²) in [6.07, 6.45) is -2.62. The number of phosphoric ester groups is 2. The average molecular weight is 428 g/mol. The summed E-state index contributed by atoms with van der Waals surface area (Å²) >= 11 is 0. The van der Waals surface area contributed by atoms with Crippen molar-refractivity contribution >= 4 is 15.6 Å². The lowest BCUT2D eigenvalue weighted by Crippen LogP contribution is -2.33. The van der Waals surface area contributed by atoms with Gasteiger partial charge in [-0.05, 0) is 13.8 Å². The predicted octanol–water partition coefficient (Wildman–Crippen LogP) is -1.50. The zero-order valence-electron chi connectivity index (χ0n) is 14.3. The molecule has 0 aliphatic carbocycles. The summed E-state index contributed by atoms with van der Waals surface area (Å²) in [6.45, 7) is 1.91. The molecule has 1 fully saturated rings. The average Bonchev–Trinajstić information content (AvgIpc) is 2.90. The van der Waals surface area contributed by atoms with Crippen LogP contribution in [-0.4, -0.2) is 39.9 Å². The summed E-state index contributed by atoms with van der Waals surface area (Å²) in [6, 6.07) is 0. The zero-order chi connectivity index (χ0) is 20.4. The molecule has 0 amide bonds. The third-order valence-electron chi connectivity index (χ3n) is 3.59. The van der Waals surface area contributed by atoms with E-state index in [9.17, 15) is 28.5 Å². The number of rotatable bonds is 8. The maximum absolute atomic E-state index is 12.0. The first kappa shape index (κ1) is 22.2. The van der Waals surface area contributed by atoms with Gasteiger partial charge in [0.2, 0.25) is 0 Å². The number of hydrogen-bond donors (Lipinski definition) is 2. The molecule has 1 aromatic heterocycles. The SMILES string of the molecule is CCOP(=O)([O-])OC1CC(n2cc(C)c(=O)[nH]c2=O)OC1COP(=O)([O-])O. The van der Waals surface area contributed by atoms with E-state index < -0.39 is 51.9 Å². The van der Waals surface area contributed by atoms with E-state index in [0.29, 0.717) is 0 Å². The maximum atomic E-state index is 12.0. The van der Waals surface area contributed by atoms with Gasteiger partial charge in [-0.15, -0.1) is 0 Å². The first-order valence-electron chi connectivity index (χ1n) is 7.71. The fraction of sp³-hybridized carbons (Fsp3) is 0.667. The molecule has 154 valence electrons. The first-order chi connectivity index (χ1) is 12.4. The van der Waals surface area contributed by atoms with Crippen LogP contribution in [0, 0.1) is 6.92 Å². The Kier molecular flexibility index (Phi) is 6.96. The quantitative estimate of drug-likeness (QED) is 0.458. The molecule has 1 aliphatic rings. The molecule has 1 aromatic rings. The molecule has 2 heterocycles. The molecule has 5 unspecified atom stereocenters. The number of aryl methyl sites for hydroxylation is 1. The van der Waals surface area contributed by atoms with Gasteiger partial charge in [-0.3, -0.25) is 23.5 Å². The molecule has 1 saturated heterocycles. The molecule has 13 nitrogen and oxygen atoms in total. The molecule has 27 heavy (non-hydrogen) atoms. The first-order valence-corrected chi connectivity index (χ1v) is 10.7. The van der Waals surface area contributed by atoms with Gasteiger partial charge >= 0.3 is 5.69 Å². The molecule has 0 spiro atoms. The number of ether oxygens (including phenoxy) is 1. The van der Waals surface area contributed by atoms with E-state index in [4.69, 9.17) is 14.2 Å². The molecule has 0 saturated carbocycles. The molecule has 0 bridgehead atoms. The monoisotopic (exact) mass is 428 g/mol. The van der Waals surface area contributed by atoms with Crippen LogP contribution in [0.15, 0.2) is 15.8 Å². The van der Waals surface area contributed by atoms with Gasteiger partial charge in [0.15, 0.2) is 0 Å². The molecule has 2 rings (SSSR count). The van der Waals surface area contributed by atoms with E-state index in [1.807, 2.05) is 0 Å². The van der Waals surface area contributed by atoms with Gasteiger partial charge in [-0.2, -0.15) is 0 Å². The summed E-state index contributed by atoms with van der Waals surface area (Å²) in [4.78, 5) is 56.8. The van der Waals surface area contributed by atoms with Crippen LogP contribution >= 0.6 is 15.6 Å². The lowest BCUT2D eigenvalue weighted by molar-refractivity contribution is -0.232. The summed E-state index contributed by atoms with van der Waals surface area (Å²) in [5.41, 5.74) is -1.23. The van der Waals surface area contributed by atoms with E-state index in [1.165, 1.54) is 20.0 Å². The minimum atomic E-state index is -5.10. The van der Waals surface area contributed by atoms with Crippen molar-refractivity contribution in [2.45, 2.75) is 38.7 Å². The van der Waals surface area contributed by atoms with Crippen molar-refractivity contribution in [2.75, 3.05) is 13.2 Å². The van der Waals surface area contributed by atoms with E-state index in [2.05, 4.69) is 14.0 Å². The predicted molar refractivity (Wildman–Crippen MR) is 84.5 cm³/mol. The minimum absolute atomic E-state index is 0.191. The van der Waals surface area contributed by atoms with Crippen LogP contribution in [0.4, 0.5) is 0 Å². The second-order valence-corrected chi connectivity index (χ2v) is 8.18. The van der Waals surface area contributed by atoms with Crippen molar-refractivity contribution in [3.05, 3.63) is 32.6 Å². The standard InChI is InChI=1S/C12H20N2O11P2/c1-3-22-27(20,21)25-8-4-10(24-9(8)6-23-26(17,18)19)14-5-7(2)11(15)13-12(14)16/h5,8-10H,3-4,6H2,1-2H3,(H,20,21)(H,13,15,16)(H2,17,18,19)/p-2. The van der Waals surface area contributed by atoms with E-state index in [-0.39, 0.29) is 18.6 Å². The Morgan fingerprint density at radius 2 is 2.04 bits per heavy atom. The molecule has 1 aliphatic heterocycles. The van der Waals surface area contributed by atoms with E-state index >= 15 is 0 Å². The summed E-state index contributed by atoms with van der Waals surface area (Å²) in [5, 5.41) is 0. The van der Waals surface area contributed by atoms with Crippen molar-refractivity contribution in [1.29, 1.82) is 0 Å². The Hall–Kier alpha value is -1.14. The Balaban J connectivity index is 2.26. The summed E-state index contributed by atoms with van der Waals surface area (Å²) in [7, 11) is -9.84. The topological polar surface area (TPSA) is 192 Å². The summed E-state index contributed by atoms with van der Waals surface area (Å²) < 4.78 is 42.6. The highest BCUT2D eigenvalue weighted by atomic mass is 31.2. The van der Waals surface area contributed by atoms with Crippen LogP contribution in [-0.2, 0) is 27.4 Å². The van der Waals surface area contributed by atoms with Gasteiger partial charge in [-0.25, -0.2) is 4.79 Å². The Bertz CT molecular complexity index is 875. The number of H-pyrrole nitrogens is 1. The largest absolute Gasteiger partial charge is 0.756 e. The molecule has 2 N–H and O–H groups in total. The number of nitrogens with zero attached hydrogens (tertiary/aromatic N) is 1. The summed E-state index contributed by atoms with van der Waals surface area (Å²) in [5.74, 6) is 0. The third kappa shape index (κ3) is 6.18. The molecular formula is C12H18N2O11P2-2. The second kappa shape index (κ2) is 8.48. The number of aromatic nitrogens is 2. The van der Waals surface area contributed by atoms with Gasteiger partial charge in [-0.1, -0.05) is 0 Å². The molecular weight excluding hydrogens is 410 g/mol. The van der Waals surface area contributed by atoms with Crippen LogP contribution in [0.5, 0.6) is 0 Å². The Labute approximate surface area is 152 Å². The van der Waals surface area contributed by atoms with E-state index in [1.54, 1.807) is 0 Å². The minimum Gasteiger partial charge on any atom is -0.756 e. The van der Waals surface area contributed by atoms with Gasteiger partial charge in [0.1, 0.15) is 12.3 Å². The second-order valence-electron chi connectivity index (χ2n) is 5.62. The normalized spacial score (nSPS) is 27.2. The van der Waals surface area contributed by atoms with Crippen LogP contribution in [0.2, 0.25) is 0 Å². The number of hydrogen-bond acceptors (Lipinski definition) is 10. The van der Waals surface area contributed by atoms with Gasteiger partial charge in [0.25, 0.3) is 21.2 Å². The number of aromatic amines is 1. The fourth-order valence-corrected chi connectivity index (χ4v) is 3.72. The Morgan fingerprint density at radius 1 is 1.37 bits per heavy atom. The van der Waals surface area contributed by atoms with Crippen molar-refractivity contribution in [2.24, 2.45) is 0 Å². The van der Waals surface area contributed by atoms with Crippen molar-refractivity contribution in [3.8, 4) is 0 Å². The zero-order valence-corrected chi connectivity index (χ0v) is 16.1. The smallest absolute Gasteiger partial charge is 0.330 e. The maximum Gasteiger partial charge on any atom is 0.330 e. The van der Waals surface area contributed by atoms with Crippen LogP contribution in [0.3, 0.4) is 0 Å². The van der Waals surface area contributed by atoms with Crippen molar-refractivity contribution in [3.63, 3.8) is 0 Å².